The fourth-order valence-electron chi connectivity index (χ4n) is 2.85. The van der Waals surface area contributed by atoms with Gasteiger partial charge in [-0.2, -0.15) is 0 Å². The van der Waals surface area contributed by atoms with Crippen molar-refractivity contribution in [3.8, 4) is 10.6 Å². The van der Waals surface area contributed by atoms with Crippen molar-refractivity contribution in [2.24, 2.45) is 0 Å². The fourth-order valence-corrected chi connectivity index (χ4v) is 4.06. The number of likely N-dealkylation sites (tertiary alicyclic amines) is 1. The van der Waals surface area contributed by atoms with Crippen LogP contribution >= 0.6 is 52.1 Å². The third kappa shape index (κ3) is 5.93. The average Bonchev–Trinajstić information content (AvgIpc) is 3.03. The number of nitrogens with one attached hydrogen (secondary N) is 1. The van der Waals surface area contributed by atoms with Crippen molar-refractivity contribution in [3.05, 3.63) is 39.8 Å². The summed E-state index contributed by atoms with van der Waals surface area (Å²) in [5.41, 5.74) is 1.94. The molecule has 0 radical (unpaired) electrons. The van der Waals surface area contributed by atoms with Crippen molar-refractivity contribution in [3.63, 3.8) is 0 Å². The minimum Gasteiger partial charge on any atom is -0.341 e. The van der Waals surface area contributed by atoms with Gasteiger partial charge in [0.1, 0.15) is 5.01 Å². The molecule has 1 aliphatic heterocycles. The maximum absolute atomic E-state index is 12.5. The minimum absolute atomic E-state index is 0. The van der Waals surface area contributed by atoms with Gasteiger partial charge in [-0.3, -0.25) is 4.79 Å². The van der Waals surface area contributed by atoms with Gasteiger partial charge in [0, 0.05) is 34.5 Å². The molecule has 1 atom stereocenters. The van der Waals surface area contributed by atoms with Gasteiger partial charge in [0.05, 0.1) is 12.1 Å². The molecule has 0 bridgehead atoms. The van der Waals surface area contributed by atoms with Crippen molar-refractivity contribution in [1.82, 2.24) is 15.2 Å². The average molecular weight is 467 g/mol. The molecule has 1 amide bonds. The molecule has 25 heavy (non-hydrogen) atoms. The molecule has 1 aromatic carbocycles. The van der Waals surface area contributed by atoms with Crippen molar-refractivity contribution < 1.29 is 4.79 Å². The summed E-state index contributed by atoms with van der Waals surface area (Å²) in [5, 5.41) is 6.22. The van der Waals surface area contributed by atoms with Crippen LogP contribution in [0.5, 0.6) is 0 Å². The van der Waals surface area contributed by atoms with Gasteiger partial charge in [-0.1, -0.05) is 28.1 Å². The lowest BCUT2D eigenvalue weighted by Gasteiger charge is -2.32. The summed E-state index contributed by atoms with van der Waals surface area (Å²) in [6.45, 7) is 1.66. The highest BCUT2D eigenvalue weighted by molar-refractivity contribution is 9.10. The summed E-state index contributed by atoms with van der Waals surface area (Å²) >= 11 is 5.07. The monoisotopic (exact) mass is 465 g/mol. The van der Waals surface area contributed by atoms with Gasteiger partial charge in [0.15, 0.2) is 0 Å². The van der Waals surface area contributed by atoms with Crippen molar-refractivity contribution >= 4 is 58.0 Å². The van der Waals surface area contributed by atoms with Gasteiger partial charge in [-0.15, -0.1) is 36.2 Å². The zero-order chi connectivity index (χ0) is 16.2. The number of halogens is 3. The summed E-state index contributed by atoms with van der Waals surface area (Å²) in [5.74, 6) is 0.177. The van der Waals surface area contributed by atoms with E-state index < -0.39 is 0 Å². The van der Waals surface area contributed by atoms with E-state index in [1.165, 1.54) is 0 Å². The standard InChI is InChI=1S/C17H20BrN3OS.2ClH/c1-19-14-6-3-7-21(10-14)16(22)9-15-11-23-17(20-15)12-4-2-5-13(18)8-12;;/h2,4-5,8,11,14,19H,3,6-7,9-10H2,1H3;2*1H. The van der Waals surface area contributed by atoms with Crippen LogP contribution in [-0.2, 0) is 11.2 Å². The van der Waals surface area contributed by atoms with Gasteiger partial charge in [0.2, 0.25) is 5.91 Å². The Morgan fingerprint density at radius 1 is 1.44 bits per heavy atom. The lowest BCUT2D eigenvalue weighted by Crippen LogP contribution is -2.47. The van der Waals surface area contributed by atoms with Crippen LogP contribution in [0.4, 0.5) is 0 Å². The van der Waals surface area contributed by atoms with E-state index in [1.807, 2.05) is 41.6 Å². The van der Waals surface area contributed by atoms with E-state index in [-0.39, 0.29) is 30.7 Å². The van der Waals surface area contributed by atoms with E-state index in [1.54, 1.807) is 11.3 Å². The number of hydrogen-bond donors (Lipinski definition) is 1. The number of aromatic nitrogens is 1. The SMILES string of the molecule is CNC1CCCN(C(=O)Cc2csc(-c3cccc(Br)c3)n2)C1.Cl.Cl. The molecule has 1 N–H and O–H groups in total. The van der Waals surface area contributed by atoms with Crippen LogP contribution < -0.4 is 5.32 Å². The number of amides is 1. The Hall–Kier alpha value is -0.660. The highest BCUT2D eigenvalue weighted by Crippen LogP contribution is 2.26. The number of nitrogens with zero attached hydrogens (tertiary/aromatic N) is 2. The Bertz CT molecular complexity index is 698. The van der Waals surface area contributed by atoms with Crippen LogP contribution in [0.2, 0.25) is 0 Å². The summed E-state index contributed by atoms with van der Waals surface area (Å²) < 4.78 is 1.04. The third-order valence-electron chi connectivity index (χ3n) is 4.14. The highest BCUT2D eigenvalue weighted by Gasteiger charge is 2.23. The topological polar surface area (TPSA) is 45.2 Å². The number of hydrogen-bond acceptors (Lipinski definition) is 4. The van der Waals surface area contributed by atoms with E-state index in [0.29, 0.717) is 12.5 Å². The van der Waals surface area contributed by atoms with Gasteiger partial charge in [-0.05, 0) is 32.0 Å². The molecule has 0 aliphatic carbocycles. The second-order valence-corrected chi connectivity index (χ2v) is 7.57. The zero-order valence-corrected chi connectivity index (χ0v) is 17.9. The highest BCUT2D eigenvalue weighted by atomic mass is 79.9. The first kappa shape index (κ1) is 22.4. The maximum atomic E-state index is 12.5. The molecular formula is C17H22BrCl2N3OS. The van der Waals surface area contributed by atoms with Gasteiger partial charge < -0.3 is 10.2 Å². The molecule has 3 rings (SSSR count). The first-order valence-corrected chi connectivity index (χ1v) is 9.48. The summed E-state index contributed by atoms with van der Waals surface area (Å²) in [4.78, 5) is 19.1. The van der Waals surface area contributed by atoms with Crippen molar-refractivity contribution in [1.29, 1.82) is 0 Å². The van der Waals surface area contributed by atoms with E-state index in [0.717, 1.165) is 46.7 Å². The van der Waals surface area contributed by atoms with Crippen LogP contribution in [-0.4, -0.2) is 42.0 Å². The first-order valence-electron chi connectivity index (χ1n) is 7.81. The molecule has 2 aromatic rings. The van der Waals surface area contributed by atoms with E-state index in [2.05, 4.69) is 26.2 Å². The molecule has 0 spiro atoms. The molecule has 138 valence electrons. The summed E-state index contributed by atoms with van der Waals surface area (Å²) in [6.07, 6.45) is 2.60. The quantitative estimate of drug-likeness (QED) is 0.735. The number of piperidine rings is 1. The second-order valence-electron chi connectivity index (χ2n) is 5.80. The maximum Gasteiger partial charge on any atom is 0.228 e. The zero-order valence-electron chi connectivity index (χ0n) is 13.9. The number of carbonyl (C=O) groups is 1. The number of rotatable bonds is 4. The fraction of sp³-hybridized carbons (Fsp3) is 0.412. The number of benzene rings is 1. The largest absolute Gasteiger partial charge is 0.341 e. The van der Waals surface area contributed by atoms with Gasteiger partial charge >= 0.3 is 0 Å². The molecule has 4 nitrogen and oxygen atoms in total. The second kappa shape index (κ2) is 10.5. The third-order valence-corrected chi connectivity index (χ3v) is 5.57. The lowest BCUT2D eigenvalue weighted by molar-refractivity contribution is -0.131. The number of likely N-dealkylation sites (N-methyl/N-ethyl adjacent to an activating group) is 1. The minimum atomic E-state index is 0. The van der Waals surface area contributed by atoms with Crippen LogP contribution in [0.1, 0.15) is 18.5 Å². The Balaban J connectivity index is 0.00000156. The molecule has 1 fully saturated rings. The van der Waals surface area contributed by atoms with E-state index in [4.69, 9.17) is 0 Å². The molecule has 1 aliphatic rings. The Labute approximate surface area is 173 Å². The number of thiazole rings is 1. The van der Waals surface area contributed by atoms with E-state index in [9.17, 15) is 4.79 Å². The summed E-state index contributed by atoms with van der Waals surface area (Å²) in [6, 6.07) is 8.50. The molecule has 0 saturated carbocycles. The normalized spacial score (nSPS) is 16.7. The van der Waals surface area contributed by atoms with Crippen LogP contribution in [0.15, 0.2) is 34.1 Å². The molecule has 1 unspecified atom stereocenters. The Morgan fingerprint density at radius 3 is 2.96 bits per heavy atom. The molecular weight excluding hydrogens is 445 g/mol. The van der Waals surface area contributed by atoms with Crippen molar-refractivity contribution in [2.45, 2.75) is 25.3 Å². The molecule has 8 heteroatoms. The molecule has 1 aromatic heterocycles. The van der Waals surface area contributed by atoms with Gasteiger partial charge in [0.25, 0.3) is 0 Å². The predicted molar refractivity (Wildman–Crippen MR) is 112 cm³/mol. The molecule has 2 heterocycles. The van der Waals surface area contributed by atoms with Crippen molar-refractivity contribution in [2.75, 3.05) is 20.1 Å². The summed E-state index contributed by atoms with van der Waals surface area (Å²) in [7, 11) is 1.96. The Kier molecular flexibility index (Phi) is 9.38. The lowest BCUT2D eigenvalue weighted by atomic mass is 10.1. The smallest absolute Gasteiger partial charge is 0.228 e. The van der Waals surface area contributed by atoms with Gasteiger partial charge in [-0.25, -0.2) is 4.98 Å². The van der Waals surface area contributed by atoms with Crippen LogP contribution in [0, 0.1) is 0 Å². The Morgan fingerprint density at radius 2 is 2.24 bits per heavy atom. The van der Waals surface area contributed by atoms with Crippen LogP contribution in [0.25, 0.3) is 10.6 Å². The number of carbonyl (C=O) groups excluding carboxylic acids is 1. The van der Waals surface area contributed by atoms with E-state index >= 15 is 0 Å². The molecule has 1 saturated heterocycles. The van der Waals surface area contributed by atoms with Crippen LogP contribution in [0.3, 0.4) is 0 Å². The first-order chi connectivity index (χ1) is 11.2. The predicted octanol–water partition coefficient (Wildman–Crippen LogP) is 4.17.